The van der Waals surface area contributed by atoms with Gasteiger partial charge in [-0.3, -0.25) is 0 Å². The molecular weight excluding hydrogens is 210 g/mol. The maximum absolute atomic E-state index is 8.27. The molecule has 2 rings (SSSR count). The summed E-state index contributed by atoms with van der Waals surface area (Å²) in [4.78, 5) is 6.99. The normalized spacial score (nSPS) is 14.7. The van der Waals surface area contributed by atoms with Crippen molar-refractivity contribution >= 4 is 17.0 Å². The van der Waals surface area contributed by atoms with Crippen molar-refractivity contribution in [1.29, 1.82) is 0 Å². The van der Waals surface area contributed by atoms with Gasteiger partial charge in [-0.15, -0.1) is 5.53 Å². The Morgan fingerprint density at radius 3 is 2.87 bits per heavy atom. The van der Waals surface area contributed by atoms with E-state index >= 15 is 0 Å². The van der Waals surface area contributed by atoms with Gasteiger partial charge in [0.25, 0.3) is 0 Å². The highest BCUT2D eigenvalue weighted by Crippen LogP contribution is 2.24. The maximum atomic E-state index is 8.27. The molecule has 1 heterocycles. The highest BCUT2D eigenvalue weighted by molar-refractivity contribution is 8.12. The van der Waals surface area contributed by atoms with Gasteiger partial charge >= 0.3 is 0 Å². The van der Waals surface area contributed by atoms with Gasteiger partial charge in [0.05, 0.1) is 0 Å². The molecule has 0 radical (unpaired) electrons. The van der Waals surface area contributed by atoms with Gasteiger partial charge in [0.2, 0.25) is 0 Å². The van der Waals surface area contributed by atoms with Crippen LogP contribution in [0.3, 0.4) is 0 Å². The van der Waals surface area contributed by atoms with E-state index in [4.69, 9.17) is 5.53 Å². The summed E-state index contributed by atoms with van der Waals surface area (Å²) in [6, 6.07) is 8.10. The lowest BCUT2D eigenvalue weighted by molar-refractivity contribution is 0.526. The van der Waals surface area contributed by atoms with Crippen molar-refractivity contribution in [3.05, 3.63) is 45.8 Å². The molecule has 1 aromatic rings. The zero-order valence-corrected chi connectivity index (χ0v) is 8.98. The van der Waals surface area contributed by atoms with E-state index in [1.807, 2.05) is 31.2 Å². The SMILES string of the molecule is Cc1ccc(C2=NCN(N=[N+]=[N-])S2)cc1. The third-order valence-corrected chi connectivity index (χ3v) is 2.90. The molecule has 0 N–H and O–H groups in total. The highest BCUT2D eigenvalue weighted by Gasteiger charge is 2.20. The molecule has 5 nitrogen and oxygen atoms in total. The molecule has 6 heteroatoms. The monoisotopic (exact) mass is 219 g/mol. The van der Waals surface area contributed by atoms with Crippen molar-refractivity contribution in [3.63, 3.8) is 0 Å². The first kappa shape index (κ1) is 9.89. The van der Waals surface area contributed by atoms with E-state index in [1.54, 1.807) is 0 Å². The minimum Gasteiger partial charge on any atom is -0.229 e. The Labute approximate surface area is 91.5 Å². The van der Waals surface area contributed by atoms with Crippen molar-refractivity contribution in [2.45, 2.75) is 6.92 Å². The Morgan fingerprint density at radius 2 is 2.20 bits per heavy atom. The minimum absolute atomic E-state index is 0.415. The third kappa shape index (κ3) is 2.23. The fraction of sp³-hybridized carbons (Fsp3) is 0.222. The second-order valence-corrected chi connectivity index (χ2v) is 4.08. The summed E-state index contributed by atoms with van der Waals surface area (Å²) in [7, 11) is 0. The fourth-order valence-corrected chi connectivity index (χ4v) is 1.95. The van der Waals surface area contributed by atoms with E-state index in [0.717, 1.165) is 10.6 Å². The van der Waals surface area contributed by atoms with Crippen LogP contribution in [0.25, 0.3) is 10.4 Å². The number of nitrogens with zero attached hydrogens (tertiary/aromatic N) is 5. The lowest BCUT2D eigenvalue weighted by Gasteiger charge is -2.00. The molecule has 0 amide bonds. The Bertz CT molecular complexity index is 432. The van der Waals surface area contributed by atoms with Crippen molar-refractivity contribution in [2.75, 3.05) is 6.67 Å². The van der Waals surface area contributed by atoms with Gasteiger partial charge in [-0.25, -0.2) is 4.99 Å². The topological polar surface area (TPSA) is 64.4 Å². The number of rotatable bonds is 2. The van der Waals surface area contributed by atoms with Crippen LogP contribution in [-0.2, 0) is 0 Å². The first-order valence-corrected chi connectivity index (χ1v) is 5.19. The van der Waals surface area contributed by atoms with Crippen LogP contribution in [0.2, 0.25) is 0 Å². The second kappa shape index (κ2) is 4.25. The maximum Gasteiger partial charge on any atom is 0.194 e. The van der Waals surface area contributed by atoms with E-state index in [2.05, 4.69) is 15.1 Å². The predicted octanol–water partition coefficient (Wildman–Crippen LogP) is 2.89. The molecule has 0 bridgehead atoms. The number of benzene rings is 1. The van der Waals surface area contributed by atoms with Gasteiger partial charge in [0.15, 0.2) is 6.67 Å². The van der Waals surface area contributed by atoms with Crippen molar-refractivity contribution in [2.24, 2.45) is 10.2 Å². The molecule has 0 saturated heterocycles. The molecule has 0 atom stereocenters. The van der Waals surface area contributed by atoms with Crippen molar-refractivity contribution < 1.29 is 0 Å². The molecule has 0 saturated carbocycles. The second-order valence-electron chi connectivity index (χ2n) is 3.09. The molecular formula is C9H9N5S. The number of hydrogen-bond donors (Lipinski definition) is 0. The summed E-state index contributed by atoms with van der Waals surface area (Å²) in [6.45, 7) is 2.46. The summed E-state index contributed by atoms with van der Waals surface area (Å²) in [6.07, 6.45) is 0. The molecule has 1 aromatic carbocycles. The molecule has 1 aliphatic heterocycles. The average molecular weight is 219 g/mol. The van der Waals surface area contributed by atoms with Gasteiger partial charge in [0, 0.05) is 5.56 Å². The van der Waals surface area contributed by atoms with Crippen LogP contribution in [0.1, 0.15) is 11.1 Å². The first-order valence-electron chi connectivity index (χ1n) is 4.41. The molecule has 0 fully saturated rings. The summed E-state index contributed by atoms with van der Waals surface area (Å²) in [5.74, 6) is 0. The lowest BCUT2D eigenvalue weighted by Crippen LogP contribution is -2.01. The minimum atomic E-state index is 0.415. The molecule has 0 spiro atoms. The van der Waals surface area contributed by atoms with E-state index in [0.29, 0.717) is 6.67 Å². The van der Waals surface area contributed by atoms with E-state index in [1.165, 1.54) is 21.9 Å². The van der Waals surface area contributed by atoms with Crippen LogP contribution in [0.4, 0.5) is 0 Å². The summed E-state index contributed by atoms with van der Waals surface area (Å²) >= 11 is 1.36. The smallest absolute Gasteiger partial charge is 0.194 e. The van der Waals surface area contributed by atoms with Gasteiger partial charge in [0.1, 0.15) is 17.0 Å². The molecule has 1 aliphatic rings. The van der Waals surface area contributed by atoms with Gasteiger partial charge in [-0.2, -0.15) is 9.33 Å². The van der Waals surface area contributed by atoms with Crippen LogP contribution < -0.4 is 0 Å². The number of hydrogen-bond acceptors (Lipinski definition) is 3. The number of aliphatic imine (C=N–C) groups is 1. The standard InChI is InChI=1S/C9H9N5S/c1-7-2-4-8(5-3-7)9-11-6-14(15-9)13-12-10/h2-5H,6H2,1H3. The van der Waals surface area contributed by atoms with Gasteiger partial charge in [-0.05, 0) is 12.1 Å². The zero-order valence-electron chi connectivity index (χ0n) is 8.16. The van der Waals surface area contributed by atoms with Crippen molar-refractivity contribution in [3.8, 4) is 0 Å². The van der Waals surface area contributed by atoms with E-state index in [9.17, 15) is 0 Å². The van der Waals surface area contributed by atoms with Crippen LogP contribution in [0.15, 0.2) is 34.5 Å². The fourth-order valence-electron chi connectivity index (χ4n) is 1.21. The molecule has 0 aromatic heterocycles. The number of azide groups is 1. The Hall–Kier alpha value is -1.65. The highest BCUT2D eigenvalue weighted by atomic mass is 32.2. The molecule has 0 unspecified atom stereocenters. The molecule has 0 aliphatic carbocycles. The van der Waals surface area contributed by atoms with E-state index < -0.39 is 0 Å². The van der Waals surface area contributed by atoms with Crippen molar-refractivity contribution in [1.82, 2.24) is 4.41 Å². The predicted molar refractivity (Wildman–Crippen MR) is 61.2 cm³/mol. The van der Waals surface area contributed by atoms with Crippen LogP contribution in [-0.4, -0.2) is 16.1 Å². The zero-order chi connectivity index (χ0) is 10.7. The third-order valence-electron chi connectivity index (χ3n) is 1.97. The first-order chi connectivity index (χ1) is 7.29. The van der Waals surface area contributed by atoms with E-state index in [-0.39, 0.29) is 0 Å². The number of aryl methyl sites for hydroxylation is 1. The average Bonchev–Trinajstić information content (AvgIpc) is 2.68. The van der Waals surface area contributed by atoms with Crippen LogP contribution >= 0.6 is 11.9 Å². The van der Waals surface area contributed by atoms with Gasteiger partial charge < -0.3 is 0 Å². The Morgan fingerprint density at radius 1 is 1.47 bits per heavy atom. The largest absolute Gasteiger partial charge is 0.229 e. The van der Waals surface area contributed by atoms with Crippen LogP contribution in [0.5, 0.6) is 0 Å². The summed E-state index contributed by atoms with van der Waals surface area (Å²) in [5.41, 5.74) is 10.5. The van der Waals surface area contributed by atoms with Crippen LogP contribution in [0, 0.1) is 6.92 Å². The summed E-state index contributed by atoms with van der Waals surface area (Å²) < 4.78 is 1.51. The lowest BCUT2D eigenvalue weighted by atomic mass is 10.2. The summed E-state index contributed by atoms with van der Waals surface area (Å²) in [5, 5.41) is 4.37. The Balaban J connectivity index is 2.14. The molecule has 76 valence electrons. The Kier molecular flexibility index (Phi) is 2.80. The molecule has 15 heavy (non-hydrogen) atoms. The van der Waals surface area contributed by atoms with Gasteiger partial charge in [-0.1, -0.05) is 29.8 Å². The quantitative estimate of drug-likeness (QED) is 0.332.